The third-order valence-electron chi connectivity index (χ3n) is 0.801. The Hall–Kier alpha value is -0.470. The summed E-state index contributed by atoms with van der Waals surface area (Å²) < 4.78 is 4.33. The van der Waals surface area contributed by atoms with Gasteiger partial charge in [0.25, 0.3) is 0 Å². The predicted octanol–water partition coefficient (Wildman–Crippen LogP) is 2.08. The van der Waals surface area contributed by atoms with Gasteiger partial charge in [-0.05, 0) is 0 Å². The van der Waals surface area contributed by atoms with Crippen molar-refractivity contribution in [2.75, 3.05) is 7.11 Å². The minimum atomic E-state index is -0.544. The first-order valence-electron chi connectivity index (χ1n) is 2.87. The summed E-state index contributed by atoms with van der Waals surface area (Å²) in [5.74, 6) is -0.407. The zero-order valence-corrected chi connectivity index (χ0v) is 7.47. The van der Waals surface area contributed by atoms with E-state index in [1.54, 1.807) is 6.08 Å². The summed E-state index contributed by atoms with van der Waals surface area (Å²) in [5.41, 5.74) is 0. The van der Waals surface area contributed by atoms with Crippen molar-refractivity contribution in [2.24, 2.45) is 0 Å². The third-order valence-corrected chi connectivity index (χ3v) is 1.09. The van der Waals surface area contributed by atoms with Crippen LogP contribution >= 0.6 is 23.2 Å². The molecule has 0 aliphatic rings. The Bertz CT molecular complexity index is 173. The Balaban J connectivity index is 3.68. The van der Waals surface area contributed by atoms with E-state index in [1.165, 1.54) is 25.3 Å². The number of hydrogen-bond acceptors (Lipinski definition) is 2. The van der Waals surface area contributed by atoms with Gasteiger partial charge in [0, 0.05) is 6.08 Å². The highest BCUT2D eigenvalue weighted by molar-refractivity contribution is 6.45. The fraction of sp³-hybridized carbons (Fsp3) is 0.286. The molecule has 2 nitrogen and oxygen atoms in total. The number of hydrogen-bond donors (Lipinski definition) is 0. The molecule has 11 heavy (non-hydrogen) atoms. The molecule has 0 radical (unpaired) electrons. The molecule has 0 unspecified atom stereocenters. The second-order valence-electron chi connectivity index (χ2n) is 1.60. The normalized spacial score (nSPS) is 11.6. The van der Waals surface area contributed by atoms with Crippen molar-refractivity contribution in [3.63, 3.8) is 0 Å². The lowest BCUT2D eigenvalue weighted by Gasteiger charge is -1.87. The van der Waals surface area contributed by atoms with Crippen LogP contribution in [0, 0.1) is 0 Å². The number of rotatable bonds is 3. The highest BCUT2D eigenvalue weighted by atomic mass is 35.5. The summed E-state index contributed by atoms with van der Waals surface area (Å²) in [4.78, 5) is 9.90. The Morgan fingerprint density at radius 1 is 1.45 bits per heavy atom. The second-order valence-corrected chi connectivity index (χ2v) is 2.77. The van der Waals surface area contributed by atoms with Crippen molar-refractivity contribution in [1.82, 2.24) is 0 Å². The molecular weight excluding hydrogens is 187 g/mol. The van der Waals surface area contributed by atoms with Crippen LogP contribution in [0.25, 0.3) is 0 Å². The van der Waals surface area contributed by atoms with Crippen LogP contribution < -0.4 is 0 Å². The molecule has 0 aromatic carbocycles. The molecule has 0 bridgehead atoms. The minimum absolute atomic E-state index is 0.407. The van der Waals surface area contributed by atoms with Gasteiger partial charge in [-0.15, -0.1) is 23.2 Å². The van der Waals surface area contributed by atoms with E-state index in [4.69, 9.17) is 23.2 Å². The van der Waals surface area contributed by atoms with E-state index in [0.717, 1.165) is 0 Å². The van der Waals surface area contributed by atoms with Gasteiger partial charge in [-0.25, -0.2) is 4.79 Å². The van der Waals surface area contributed by atoms with Gasteiger partial charge in [0.1, 0.15) is 4.84 Å². The van der Waals surface area contributed by atoms with Gasteiger partial charge >= 0.3 is 5.97 Å². The molecule has 0 atom stereocenters. The summed E-state index contributed by atoms with van der Waals surface area (Å²) >= 11 is 10.7. The first-order valence-corrected chi connectivity index (χ1v) is 3.75. The van der Waals surface area contributed by atoms with Gasteiger partial charge in [-0.2, -0.15) is 0 Å². The zero-order valence-electron chi connectivity index (χ0n) is 5.96. The molecule has 0 spiro atoms. The number of carbonyl (C=O) groups is 1. The smallest absolute Gasteiger partial charge is 0.330 e. The molecule has 0 aliphatic heterocycles. The molecule has 0 aromatic rings. The average Bonchev–Trinajstić information content (AvgIpc) is 1.97. The van der Waals surface area contributed by atoms with Gasteiger partial charge in [-0.3, -0.25) is 0 Å². The fourth-order valence-corrected chi connectivity index (χ4v) is 0.518. The zero-order chi connectivity index (χ0) is 8.69. The van der Waals surface area contributed by atoms with Crippen LogP contribution in [-0.2, 0) is 9.53 Å². The van der Waals surface area contributed by atoms with Crippen molar-refractivity contribution in [2.45, 2.75) is 4.84 Å². The van der Waals surface area contributed by atoms with Crippen LogP contribution in [-0.4, -0.2) is 17.9 Å². The molecule has 0 saturated carbocycles. The molecule has 4 heteroatoms. The van der Waals surface area contributed by atoms with Crippen molar-refractivity contribution < 1.29 is 9.53 Å². The maximum absolute atomic E-state index is 10.4. The lowest BCUT2D eigenvalue weighted by Crippen LogP contribution is -1.92. The van der Waals surface area contributed by atoms with E-state index in [9.17, 15) is 4.79 Å². The monoisotopic (exact) mass is 194 g/mol. The van der Waals surface area contributed by atoms with Gasteiger partial charge in [0.15, 0.2) is 0 Å². The van der Waals surface area contributed by atoms with Crippen molar-refractivity contribution in [3.8, 4) is 0 Å². The summed E-state index contributed by atoms with van der Waals surface area (Å²) in [5, 5.41) is 0. The number of allylic oxidation sites excluding steroid dienone is 3. The summed E-state index contributed by atoms with van der Waals surface area (Å²) in [6.45, 7) is 0. The maximum Gasteiger partial charge on any atom is 0.330 e. The van der Waals surface area contributed by atoms with Crippen LogP contribution in [0.1, 0.15) is 0 Å². The molecule has 62 valence electrons. The van der Waals surface area contributed by atoms with E-state index in [1.807, 2.05) is 0 Å². The lowest BCUT2D eigenvalue weighted by atomic mass is 10.4. The number of halogens is 2. The van der Waals surface area contributed by atoms with Crippen molar-refractivity contribution >= 4 is 29.2 Å². The SMILES string of the molecule is COC(=O)/C=C/C=C/C(Cl)Cl. The second kappa shape index (κ2) is 6.25. The Kier molecular flexibility index (Phi) is 5.99. The fourth-order valence-electron chi connectivity index (χ4n) is 0.350. The summed E-state index contributed by atoms with van der Waals surface area (Å²) in [6.07, 6.45) is 5.88. The molecular formula is C7H8Cl2O2. The highest BCUT2D eigenvalue weighted by Crippen LogP contribution is 2.01. The van der Waals surface area contributed by atoms with Crippen LogP contribution in [0.15, 0.2) is 24.3 Å². The van der Waals surface area contributed by atoms with Crippen LogP contribution in [0.5, 0.6) is 0 Å². The van der Waals surface area contributed by atoms with E-state index in [0.29, 0.717) is 0 Å². The molecule has 0 aliphatic carbocycles. The Morgan fingerprint density at radius 3 is 2.55 bits per heavy atom. The summed E-state index contributed by atoms with van der Waals surface area (Å²) in [6, 6.07) is 0. The topological polar surface area (TPSA) is 26.3 Å². The number of esters is 1. The predicted molar refractivity (Wildman–Crippen MR) is 45.8 cm³/mol. The highest BCUT2D eigenvalue weighted by Gasteiger charge is 1.88. The minimum Gasteiger partial charge on any atom is -0.466 e. The van der Waals surface area contributed by atoms with Gasteiger partial charge in [0.05, 0.1) is 7.11 Å². The average molecular weight is 195 g/mol. The number of methoxy groups -OCH3 is 1. The third kappa shape index (κ3) is 7.43. The Morgan fingerprint density at radius 2 is 2.09 bits per heavy atom. The molecule has 0 heterocycles. The lowest BCUT2D eigenvalue weighted by molar-refractivity contribution is -0.134. The van der Waals surface area contributed by atoms with Gasteiger partial charge < -0.3 is 4.74 Å². The summed E-state index contributed by atoms with van der Waals surface area (Å²) in [7, 11) is 1.31. The Labute approximate surface area is 75.4 Å². The number of alkyl halides is 2. The number of carbonyl (C=O) groups excluding carboxylic acids is 1. The van der Waals surface area contributed by atoms with Gasteiger partial charge in [0.2, 0.25) is 0 Å². The van der Waals surface area contributed by atoms with E-state index >= 15 is 0 Å². The maximum atomic E-state index is 10.4. The standard InChI is InChI=1S/C7H8Cl2O2/c1-11-7(10)5-3-2-4-6(8)9/h2-6H,1H3/b4-2+,5-3+. The van der Waals surface area contributed by atoms with Crippen LogP contribution in [0.3, 0.4) is 0 Å². The van der Waals surface area contributed by atoms with E-state index in [2.05, 4.69) is 4.74 Å². The molecule has 0 N–H and O–H groups in total. The van der Waals surface area contributed by atoms with Crippen LogP contribution in [0.4, 0.5) is 0 Å². The van der Waals surface area contributed by atoms with Crippen LogP contribution in [0.2, 0.25) is 0 Å². The quantitative estimate of drug-likeness (QED) is 0.298. The largest absolute Gasteiger partial charge is 0.466 e. The van der Waals surface area contributed by atoms with Crippen molar-refractivity contribution in [1.29, 1.82) is 0 Å². The van der Waals surface area contributed by atoms with Gasteiger partial charge in [-0.1, -0.05) is 18.2 Å². The van der Waals surface area contributed by atoms with E-state index in [-0.39, 0.29) is 0 Å². The van der Waals surface area contributed by atoms with Crippen molar-refractivity contribution in [3.05, 3.63) is 24.3 Å². The molecule has 0 rings (SSSR count). The molecule has 0 amide bonds. The molecule has 0 aromatic heterocycles. The number of ether oxygens (including phenoxy) is 1. The first-order chi connectivity index (χ1) is 5.16. The first kappa shape index (κ1) is 10.5. The van der Waals surface area contributed by atoms with E-state index < -0.39 is 10.8 Å². The molecule has 0 saturated heterocycles. The molecule has 0 fully saturated rings.